The van der Waals surface area contributed by atoms with Crippen LogP contribution >= 0.6 is 11.3 Å². The highest BCUT2D eigenvalue weighted by Crippen LogP contribution is 2.12. The Morgan fingerprint density at radius 3 is 2.75 bits per heavy atom. The Kier molecular flexibility index (Phi) is 6.42. The highest BCUT2D eigenvalue weighted by Gasteiger charge is 2.28. The molecule has 0 aliphatic heterocycles. The van der Waals surface area contributed by atoms with Crippen molar-refractivity contribution in [2.45, 2.75) is 19.6 Å². The number of pyridine rings is 1. The molecule has 8 nitrogen and oxygen atoms in total. The summed E-state index contributed by atoms with van der Waals surface area (Å²) in [6.45, 7) is 0.143. The standard InChI is InChI=1S/C16H15F3N6O2S/c1-2-25-14(27)10(7-22-12-5-3-4-11(21)24-12)28-15(25)9(6-20)13(26)23-8-16(17,18)19/h3-5,7H,2,8H2,1H3,(H,23,26)(H3,21,22,24)/b10-7+,15-9-. The van der Waals surface area contributed by atoms with Crippen LogP contribution in [0.25, 0.3) is 11.8 Å². The molecule has 0 aliphatic carbocycles. The molecule has 148 valence electrons. The number of halogens is 3. The molecule has 2 aromatic heterocycles. The lowest BCUT2D eigenvalue weighted by molar-refractivity contribution is -0.135. The van der Waals surface area contributed by atoms with Crippen LogP contribution < -0.4 is 31.1 Å². The summed E-state index contributed by atoms with van der Waals surface area (Å²) in [4.78, 5) is 28.5. The van der Waals surface area contributed by atoms with E-state index in [0.29, 0.717) is 5.82 Å². The van der Waals surface area contributed by atoms with Crippen LogP contribution in [-0.4, -0.2) is 28.2 Å². The van der Waals surface area contributed by atoms with Crippen LogP contribution in [0.1, 0.15) is 6.92 Å². The fraction of sp³-hybridized carbons (Fsp3) is 0.250. The minimum absolute atomic E-state index is 0.0386. The second kappa shape index (κ2) is 8.57. The highest BCUT2D eigenvalue weighted by molar-refractivity contribution is 7.07. The third kappa shape index (κ3) is 5.10. The number of nitriles is 1. The third-order valence-corrected chi connectivity index (χ3v) is 4.48. The fourth-order valence-electron chi connectivity index (χ4n) is 2.13. The fourth-order valence-corrected chi connectivity index (χ4v) is 3.21. The molecule has 4 N–H and O–H groups in total. The molecule has 0 saturated heterocycles. The molecule has 0 spiro atoms. The summed E-state index contributed by atoms with van der Waals surface area (Å²) in [5.74, 6) is -0.581. The van der Waals surface area contributed by atoms with E-state index in [1.165, 1.54) is 6.20 Å². The number of carbonyl (C=O) groups excluding carboxylic acids is 1. The predicted octanol–water partition coefficient (Wildman–Crippen LogP) is 0.110. The maximum Gasteiger partial charge on any atom is 0.405 e. The summed E-state index contributed by atoms with van der Waals surface area (Å²) in [6, 6.07) is 6.41. The van der Waals surface area contributed by atoms with Crippen molar-refractivity contribution in [1.82, 2.24) is 14.9 Å². The highest BCUT2D eigenvalue weighted by atomic mass is 32.1. The minimum atomic E-state index is -4.62. The van der Waals surface area contributed by atoms with Crippen molar-refractivity contribution in [3.05, 3.63) is 37.7 Å². The van der Waals surface area contributed by atoms with E-state index in [0.717, 1.165) is 15.9 Å². The van der Waals surface area contributed by atoms with Gasteiger partial charge in [-0.3, -0.25) is 14.2 Å². The molecule has 1 amide bonds. The van der Waals surface area contributed by atoms with Gasteiger partial charge in [0.25, 0.3) is 11.5 Å². The molecule has 2 aromatic rings. The Bertz CT molecular complexity index is 1100. The molecule has 0 unspecified atom stereocenters. The predicted molar refractivity (Wildman–Crippen MR) is 98.3 cm³/mol. The molecular weight excluding hydrogens is 397 g/mol. The van der Waals surface area contributed by atoms with Crippen LogP contribution in [0, 0.1) is 11.3 Å². The summed E-state index contributed by atoms with van der Waals surface area (Å²) in [7, 11) is 0. The Hall–Kier alpha value is -3.33. The maximum atomic E-state index is 12.5. The van der Waals surface area contributed by atoms with E-state index in [4.69, 9.17) is 5.73 Å². The average molecular weight is 412 g/mol. The van der Waals surface area contributed by atoms with Crippen LogP contribution in [0.15, 0.2) is 23.0 Å². The van der Waals surface area contributed by atoms with Gasteiger partial charge in [0.1, 0.15) is 33.4 Å². The number of rotatable bonds is 5. The SMILES string of the molecule is CCn1c(=O)/c(=C\Nc2cccc(N)n2)s/c1=C(/C#N)C(=O)NCC(F)(F)F. The number of nitrogens with zero attached hydrogens (tertiary/aromatic N) is 3. The molecule has 2 rings (SSSR count). The Morgan fingerprint density at radius 1 is 1.46 bits per heavy atom. The monoisotopic (exact) mass is 412 g/mol. The van der Waals surface area contributed by atoms with Crippen molar-refractivity contribution in [3.8, 4) is 6.07 Å². The Balaban J connectivity index is 2.49. The quantitative estimate of drug-likeness (QED) is 0.640. The zero-order valence-electron chi connectivity index (χ0n) is 14.5. The molecule has 0 radical (unpaired) electrons. The van der Waals surface area contributed by atoms with Gasteiger partial charge in [-0.2, -0.15) is 18.4 Å². The van der Waals surface area contributed by atoms with Gasteiger partial charge < -0.3 is 16.4 Å². The van der Waals surface area contributed by atoms with Crippen LogP contribution in [0.3, 0.4) is 0 Å². The van der Waals surface area contributed by atoms with Crippen LogP contribution in [0.4, 0.5) is 24.8 Å². The van der Waals surface area contributed by atoms with E-state index in [1.807, 2.05) is 0 Å². The number of nitrogens with one attached hydrogen (secondary N) is 2. The van der Waals surface area contributed by atoms with Crippen molar-refractivity contribution in [3.63, 3.8) is 0 Å². The van der Waals surface area contributed by atoms with Gasteiger partial charge in [-0.15, -0.1) is 11.3 Å². The topological polar surface area (TPSA) is 126 Å². The number of hydrogen-bond acceptors (Lipinski definition) is 7. The van der Waals surface area contributed by atoms with Gasteiger partial charge >= 0.3 is 6.18 Å². The summed E-state index contributed by atoms with van der Waals surface area (Å²) >= 11 is 0.800. The van der Waals surface area contributed by atoms with Gasteiger partial charge in [-0.05, 0) is 19.1 Å². The second-order valence-corrected chi connectivity index (χ2v) is 6.37. The van der Waals surface area contributed by atoms with Gasteiger partial charge in [0, 0.05) is 12.7 Å². The van der Waals surface area contributed by atoms with Crippen molar-refractivity contribution in [1.29, 1.82) is 5.26 Å². The van der Waals surface area contributed by atoms with E-state index in [1.54, 1.807) is 36.5 Å². The zero-order chi connectivity index (χ0) is 20.9. The van der Waals surface area contributed by atoms with Crippen molar-refractivity contribution in [2.75, 3.05) is 17.6 Å². The van der Waals surface area contributed by atoms with E-state index in [-0.39, 0.29) is 21.6 Å². The van der Waals surface area contributed by atoms with Crippen molar-refractivity contribution < 1.29 is 18.0 Å². The normalized spacial score (nSPS) is 13.0. The largest absolute Gasteiger partial charge is 0.405 e. The average Bonchev–Trinajstić information content (AvgIpc) is 2.94. The number of alkyl halides is 3. The van der Waals surface area contributed by atoms with E-state index >= 15 is 0 Å². The van der Waals surface area contributed by atoms with E-state index in [2.05, 4.69) is 10.3 Å². The van der Waals surface area contributed by atoms with Gasteiger partial charge in [-0.25, -0.2) is 4.98 Å². The summed E-state index contributed by atoms with van der Waals surface area (Å²) in [5, 5.41) is 13.7. The Labute approximate surface area is 160 Å². The Morgan fingerprint density at radius 2 is 2.18 bits per heavy atom. The van der Waals surface area contributed by atoms with Crippen LogP contribution in [-0.2, 0) is 11.3 Å². The number of aromatic nitrogens is 2. The molecule has 2 heterocycles. The van der Waals surface area contributed by atoms with Gasteiger partial charge in [-0.1, -0.05) is 6.07 Å². The molecule has 0 saturated carbocycles. The van der Waals surface area contributed by atoms with Crippen molar-refractivity contribution in [2.24, 2.45) is 0 Å². The molecule has 12 heteroatoms. The summed E-state index contributed by atoms with van der Waals surface area (Å²) < 4.78 is 38.1. The van der Waals surface area contributed by atoms with Crippen LogP contribution in [0.5, 0.6) is 0 Å². The number of thiazole rings is 1. The number of anilines is 2. The first-order valence-electron chi connectivity index (χ1n) is 7.84. The van der Waals surface area contributed by atoms with Gasteiger partial charge in [0.15, 0.2) is 5.57 Å². The molecule has 0 fully saturated rings. The zero-order valence-corrected chi connectivity index (χ0v) is 15.3. The number of carbonyl (C=O) groups is 1. The molecule has 28 heavy (non-hydrogen) atoms. The molecular formula is C16H15F3N6O2S. The molecule has 0 atom stereocenters. The van der Waals surface area contributed by atoms with Crippen molar-refractivity contribution >= 4 is 40.7 Å². The lowest BCUT2D eigenvalue weighted by Crippen LogP contribution is -2.37. The number of amides is 1. The minimum Gasteiger partial charge on any atom is -0.384 e. The lowest BCUT2D eigenvalue weighted by atomic mass is 10.3. The molecule has 0 aliphatic rings. The summed E-state index contributed by atoms with van der Waals surface area (Å²) in [5.41, 5.74) is 4.49. The maximum absolute atomic E-state index is 12.5. The molecule has 0 bridgehead atoms. The third-order valence-electron chi connectivity index (χ3n) is 3.35. The first-order valence-corrected chi connectivity index (χ1v) is 8.66. The van der Waals surface area contributed by atoms with Gasteiger partial charge in [0.05, 0.1) is 0 Å². The summed E-state index contributed by atoms with van der Waals surface area (Å²) in [6.07, 6.45) is -3.30. The smallest absolute Gasteiger partial charge is 0.384 e. The van der Waals surface area contributed by atoms with E-state index in [9.17, 15) is 28.0 Å². The first kappa shape index (κ1) is 21.0. The number of nitrogens with two attached hydrogens (primary N) is 1. The lowest BCUT2D eigenvalue weighted by Gasteiger charge is -2.07. The number of nitrogen functional groups attached to an aromatic ring is 1. The second-order valence-electron chi connectivity index (χ2n) is 5.34. The first-order chi connectivity index (χ1) is 13.2. The van der Waals surface area contributed by atoms with Crippen LogP contribution in [0.2, 0.25) is 0 Å². The molecule has 0 aromatic carbocycles. The van der Waals surface area contributed by atoms with E-state index < -0.39 is 29.8 Å². The van der Waals surface area contributed by atoms with Gasteiger partial charge in [0.2, 0.25) is 0 Å². The number of hydrogen-bond donors (Lipinski definition) is 3.